The summed E-state index contributed by atoms with van der Waals surface area (Å²) in [7, 11) is 0. The first-order valence-corrected chi connectivity index (χ1v) is 11.6. The third-order valence-corrected chi connectivity index (χ3v) is 6.44. The number of nitrogens with one attached hydrogen (secondary N) is 1. The topological polar surface area (TPSA) is 52.0 Å². The van der Waals surface area contributed by atoms with Gasteiger partial charge in [-0.2, -0.15) is 4.98 Å². The first kappa shape index (κ1) is 20.0. The van der Waals surface area contributed by atoms with Gasteiger partial charge in [-0.1, -0.05) is 48.2 Å². The summed E-state index contributed by atoms with van der Waals surface area (Å²) in [5.41, 5.74) is 4.32. The number of halogens is 2. The Balaban J connectivity index is 1.62. The number of nitrogens with zero attached hydrogens (tertiary/aromatic N) is 3. The summed E-state index contributed by atoms with van der Waals surface area (Å²) in [6.45, 7) is 0. The highest BCUT2D eigenvalue weighted by Gasteiger charge is 2.41. The number of fused-ring (bicyclic) bond motifs is 3. The van der Waals surface area contributed by atoms with Crippen molar-refractivity contribution in [2.75, 3.05) is 11.6 Å². The van der Waals surface area contributed by atoms with Gasteiger partial charge in [0.15, 0.2) is 0 Å². The van der Waals surface area contributed by atoms with Crippen LogP contribution in [0.4, 0.5) is 14.7 Å². The Bertz CT molecular complexity index is 1380. The van der Waals surface area contributed by atoms with Gasteiger partial charge < -0.3 is 10.1 Å². The van der Waals surface area contributed by atoms with Crippen LogP contribution in [0.2, 0.25) is 0 Å². The Kier molecular flexibility index (Phi) is 4.69. The molecule has 0 radical (unpaired) electrons. The molecule has 3 aromatic carbocycles. The van der Waals surface area contributed by atoms with Crippen molar-refractivity contribution < 1.29 is 13.5 Å². The zero-order valence-corrected chi connectivity index (χ0v) is 18.3. The van der Waals surface area contributed by atoms with Crippen LogP contribution in [0.15, 0.2) is 83.5 Å². The molecule has 0 unspecified atom stereocenters. The molecule has 2 atom stereocenters. The fourth-order valence-electron chi connectivity index (χ4n) is 4.42. The van der Waals surface area contributed by atoms with Gasteiger partial charge >= 0.3 is 0 Å². The van der Waals surface area contributed by atoms with E-state index in [1.54, 1.807) is 24.3 Å². The van der Waals surface area contributed by atoms with Crippen LogP contribution in [-0.4, -0.2) is 21.0 Å². The number of ether oxygens (including phenoxy) is 1. The summed E-state index contributed by atoms with van der Waals surface area (Å²) in [5, 5.41) is 8.78. The molecule has 0 fully saturated rings. The Hall–Kier alpha value is -3.65. The lowest BCUT2D eigenvalue weighted by atomic mass is 9.84. The van der Waals surface area contributed by atoms with Crippen molar-refractivity contribution in [1.82, 2.24) is 14.8 Å². The summed E-state index contributed by atoms with van der Waals surface area (Å²) in [6, 6.07) is 20.1. The minimum absolute atomic E-state index is 0.314. The van der Waals surface area contributed by atoms with Crippen LogP contribution >= 0.6 is 11.8 Å². The third-order valence-electron chi connectivity index (χ3n) is 5.90. The van der Waals surface area contributed by atoms with Gasteiger partial charge in [0.1, 0.15) is 29.5 Å². The third kappa shape index (κ3) is 3.29. The minimum Gasteiger partial charge on any atom is -0.480 e. The largest absolute Gasteiger partial charge is 0.480 e. The summed E-state index contributed by atoms with van der Waals surface area (Å²) in [6.07, 6.45) is 1.41. The van der Waals surface area contributed by atoms with E-state index in [1.165, 1.54) is 36.0 Å². The van der Waals surface area contributed by atoms with Crippen LogP contribution in [-0.2, 0) is 0 Å². The van der Waals surface area contributed by atoms with E-state index in [0.717, 1.165) is 28.0 Å². The van der Waals surface area contributed by atoms with Crippen LogP contribution in [0, 0.1) is 11.6 Å². The fraction of sp³-hybridized carbons (Fsp3) is 0.120. The molecule has 1 N–H and O–H groups in total. The first-order valence-electron chi connectivity index (χ1n) is 10.4. The number of anilines is 1. The molecule has 6 rings (SSSR count). The number of para-hydroxylation sites is 1. The molecular formula is C25H18F2N4OS. The molecule has 5 nitrogen and oxygen atoms in total. The fourth-order valence-corrected chi connectivity index (χ4v) is 4.77. The van der Waals surface area contributed by atoms with E-state index in [0.29, 0.717) is 16.9 Å². The number of thioether (sulfide) groups is 1. The van der Waals surface area contributed by atoms with E-state index in [4.69, 9.17) is 9.84 Å². The SMILES string of the molecule is CSc1nc2n(n1)[C@@H](c1ccc(F)cc1)C1=C(N2)c2ccccc2O[C@@H]1c1ccc(F)cc1. The second-order valence-corrected chi connectivity index (χ2v) is 8.60. The average molecular weight is 461 g/mol. The van der Waals surface area contributed by atoms with E-state index in [9.17, 15) is 8.78 Å². The molecule has 0 saturated carbocycles. The molecule has 164 valence electrons. The zero-order chi connectivity index (χ0) is 22.5. The van der Waals surface area contributed by atoms with Gasteiger partial charge in [-0.05, 0) is 53.8 Å². The van der Waals surface area contributed by atoms with E-state index in [2.05, 4.69) is 10.3 Å². The average Bonchev–Trinajstić information content (AvgIpc) is 3.26. The van der Waals surface area contributed by atoms with E-state index < -0.39 is 12.1 Å². The highest BCUT2D eigenvalue weighted by Crippen LogP contribution is 2.50. The molecule has 8 heteroatoms. The number of rotatable bonds is 3. The van der Waals surface area contributed by atoms with Crippen LogP contribution in [0.3, 0.4) is 0 Å². The Morgan fingerprint density at radius 2 is 1.58 bits per heavy atom. The van der Waals surface area contributed by atoms with Gasteiger partial charge in [0.2, 0.25) is 11.1 Å². The van der Waals surface area contributed by atoms with Gasteiger partial charge in [0.25, 0.3) is 0 Å². The van der Waals surface area contributed by atoms with E-state index in [-0.39, 0.29) is 11.6 Å². The zero-order valence-electron chi connectivity index (χ0n) is 17.5. The van der Waals surface area contributed by atoms with Gasteiger partial charge in [0, 0.05) is 11.1 Å². The maximum Gasteiger partial charge on any atom is 0.227 e. The normalized spacial score (nSPS) is 18.6. The molecule has 33 heavy (non-hydrogen) atoms. The second kappa shape index (κ2) is 7.74. The van der Waals surface area contributed by atoms with Crippen LogP contribution < -0.4 is 10.1 Å². The highest BCUT2D eigenvalue weighted by molar-refractivity contribution is 7.98. The van der Waals surface area contributed by atoms with Crippen molar-refractivity contribution >= 4 is 23.4 Å². The lowest BCUT2D eigenvalue weighted by molar-refractivity contribution is 0.222. The maximum absolute atomic E-state index is 13.8. The molecule has 3 heterocycles. The molecule has 2 aliphatic rings. The summed E-state index contributed by atoms with van der Waals surface area (Å²) >= 11 is 1.45. The highest BCUT2D eigenvalue weighted by atomic mass is 32.2. The Morgan fingerprint density at radius 3 is 2.27 bits per heavy atom. The summed E-state index contributed by atoms with van der Waals surface area (Å²) < 4.78 is 35.8. The van der Waals surface area contributed by atoms with Gasteiger partial charge in [-0.25, -0.2) is 13.5 Å². The molecule has 0 bridgehead atoms. The van der Waals surface area contributed by atoms with Gasteiger partial charge in [0.05, 0.1) is 5.70 Å². The van der Waals surface area contributed by atoms with E-state index in [1.807, 2.05) is 35.2 Å². The molecule has 1 aromatic heterocycles. The summed E-state index contributed by atoms with van der Waals surface area (Å²) in [4.78, 5) is 4.64. The first-order chi connectivity index (χ1) is 16.1. The number of hydrogen-bond acceptors (Lipinski definition) is 5. The Morgan fingerprint density at radius 1 is 0.909 bits per heavy atom. The Labute approximate surface area is 193 Å². The smallest absolute Gasteiger partial charge is 0.227 e. The van der Waals surface area contributed by atoms with Crippen molar-refractivity contribution in [1.29, 1.82) is 0 Å². The number of aromatic nitrogens is 3. The molecule has 0 aliphatic carbocycles. The molecular weight excluding hydrogens is 442 g/mol. The molecule has 2 aliphatic heterocycles. The minimum atomic E-state index is -0.506. The van der Waals surface area contributed by atoms with Crippen molar-refractivity contribution in [2.24, 2.45) is 0 Å². The lowest BCUT2D eigenvalue weighted by Gasteiger charge is -2.38. The summed E-state index contributed by atoms with van der Waals surface area (Å²) in [5.74, 6) is 0.686. The van der Waals surface area contributed by atoms with Crippen molar-refractivity contribution in [3.05, 3.63) is 107 Å². The molecule has 0 amide bonds. The molecule has 0 spiro atoms. The predicted molar refractivity (Wildman–Crippen MR) is 123 cm³/mol. The maximum atomic E-state index is 13.8. The number of hydrogen-bond donors (Lipinski definition) is 1. The number of benzene rings is 3. The van der Waals surface area contributed by atoms with Crippen LogP contribution in [0.1, 0.15) is 28.8 Å². The van der Waals surface area contributed by atoms with Crippen LogP contribution in [0.5, 0.6) is 5.75 Å². The van der Waals surface area contributed by atoms with Gasteiger partial charge in [-0.15, -0.1) is 5.10 Å². The second-order valence-electron chi connectivity index (χ2n) is 7.82. The van der Waals surface area contributed by atoms with Crippen LogP contribution in [0.25, 0.3) is 5.70 Å². The van der Waals surface area contributed by atoms with Crippen molar-refractivity contribution in [3.63, 3.8) is 0 Å². The standard InChI is InChI=1S/C25H18F2N4OS/c1-33-25-29-24-28-21-18-4-2-3-5-19(18)32-23(15-8-12-17(27)13-9-15)20(21)22(31(24)30-25)14-6-10-16(26)11-7-14/h2-13,22-23H,1H3,(H,28,29,30)/t22-,23+/m0/s1. The van der Waals surface area contributed by atoms with Crippen molar-refractivity contribution in [3.8, 4) is 5.75 Å². The lowest BCUT2D eigenvalue weighted by Crippen LogP contribution is -2.32. The monoisotopic (exact) mass is 460 g/mol. The van der Waals surface area contributed by atoms with Crippen molar-refractivity contribution in [2.45, 2.75) is 17.3 Å². The quantitative estimate of drug-likeness (QED) is 0.390. The van der Waals surface area contributed by atoms with Gasteiger partial charge in [-0.3, -0.25) is 0 Å². The molecule has 4 aromatic rings. The molecule has 0 saturated heterocycles. The van der Waals surface area contributed by atoms with E-state index >= 15 is 0 Å². The predicted octanol–water partition coefficient (Wildman–Crippen LogP) is 5.84.